The van der Waals surface area contributed by atoms with E-state index < -0.39 is 0 Å². The monoisotopic (exact) mass is 703 g/mol. The van der Waals surface area contributed by atoms with Crippen molar-refractivity contribution in [2.75, 3.05) is 41.0 Å². The van der Waals surface area contributed by atoms with Crippen molar-refractivity contribution in [1.29, 1.82) is 0 Å². The van der Waals surface area contributed by atoms with E-state index in [-0.39, 0.29) is 24.5 Å². The second-order valence-electron chi connectivity index (χ2n) is 13.5. The zero-order valence-electron chi connectivity index (χ0n) is 32.5. The summed E-state index contributed by atoms with van der Waals surface area (Å²) in [5.74, 6) is -0.702. The molecule has 0 rings (SSSR count). The lowest BCUT2D eigenvalue weighted by Crippen LogP contribution is -2.13. The molecule has 0 aliphatic rings. The summed E-state index contributed by atoms with van der Waals surface area (Å²) in [6.07, 6.45) is 31.6. The highest BCUT2D eigenvalue weighted by atomic mass is 16.7. The van der Waals surface area contributed by atoms with Gasteiger partial charge in [0.1, 0.15) is 13.6 Å². The van der Waals surface area contributed by atoms with Gasteiger partial charge in [0.15, 0.2) is 12.6 Å². The van der Waals surface area contributed by atoms with Crippen LogP contribution in [-0.2, 0) is 42.7 Å². The van der Waals surface area contributed by atoms with Gasteiger partial charge in [-0.2, -0.15) is 0 Å². The lowest BCUT2D eigenvalue weighted by atomic mass is 10.0. The van der Waals surface area contributed by atoms with Gasteiger partial charge in [0, 0.05) is 40.3 Å². The van der Waals surface area contributed by atoms with Gasteiger partial charge in [-0.3, -0.25) is 9.59 Å². The predicted molar refractivity (Wildman–Crippen MR) is 197 cm³/mol. The molecule has 2 atom stereocenters. The maximum absolute atomic E-state index is 12.0. The third kappa shape index (κ3) is 39.5. The first-order chi connectivity index (χ1) is 24.0. The molecule has 0 spiro atoms. The van der Waals surface area contributed by atoms with Crippen LogP contribution in [0.25, 0.3) is 0 Å². The topological polar surface area (TPSA) is 98.8 Å². The molecule has 0 N–H and O–H groups in total. The first kappa shape index (κ1) is 47.9. The first-order valence-corrected chi connectivity index (χ1v) is 20.2. The van der Waals surface area contributed by atoms with Crippen molar-refractivity contribution >= 4 is 11.9 Å². The van der Waals surface area contributed by atoms with E-state index in [1.165, 1.54) is 116 Å². The molecule has 0 aromatic rings. The zero-order chi connectivity index (χ0) is 35.9. The summed E-state index contributed by atoms with van der Waals surface area (Å²) in [7, 11) is 3.25. The van der Waals surface area contributed by atoms with E-state index in [9.17, 15) is 9.59 Å². The summed E-state index contributed by atoms with van der Waals surface area (Å²) in [4.78, 5) is 24.0. The molecular formula is C40H78O9. The second kappa shape index (κ2) is 39.7. The fourth-order valence-corrected chi connectivity index (χ4v) is 5.61. The molecule has 0 aliphatic carbocycles. The van der Waals surface area contributed by atoms with Crippen LogP contribution in [0.15, 0.2) is 0 Å². The highest BCUT2D eigenvalue weighted by molar-refractivity contribution is 5.85. The molecule has 9 nitrogen and oxygen atoms in total. The van der Waals surface area contributed by atoms with Crippen molar-refractivity contribution in [3.05, 3.63) is 0 Å². The van der Waals surface area contributed by atoms with Gasteiger partial charge in [-0.25, -0.2) is 0 Å². The van der Waals surface area contributed by atoms with Crippen molar-refractivity contribution in [2.24, 2.45) is 0 Å². The van der Waals surface area contributed by atoms with Crippen LogP contribution >= 0.6 is 0 Å². The maximum Gasteiger partial charge on any atom is 0.313 e. The Bertz CT molecular complexity index is 635. The molecule has 0 heterocycles. The lowest BCUT2D eigenvalue weighted by Gasteiger charge is -2.10. The third-order valence-electron chi connectivity index (χ3n) is 9.00. The standard InChI is InChI=1S/C40H78O9/c1-37(43-3)47-35-45-33-29-25-21-17-13-9-5-7-11-15-19-23-27-31-39(41)49-40(42)32-28-24-20-16-12-8-6-10-14-18-22-26-30-34-46-36-48-38(2)44-4/h37-38H,5-36H2,1-4H3. The average Bonchev–Trinajstić information content (AvgIpc) is 3.10. The number of unbranched alkanes of at least 4 members (excludes halogenated alkanes) is 24. The van der Waals surface area contributed by atoms with Gasteiger partial charge in [0.05, 0.1) is 0 Å². The van der Waals surface area contributed by atoms with Crippen LogP contribution in [0.3, 0.4) is 0 Å². The Morgan fingerprint density at radius 1 is 0.388 bits per heavy atom. The van der Waals surface area contributed by atoms with Gasteiger partial charge >= 0.3 is 11.9 Å². The molecule has 49 heavy (non-hydrogen) atoms. The largest absolute Gasteiger partial charge is 0.393 e. The molecule has 2 unspecified atom stereocenters. The van der Waals surface area contributed by atoms with Gasteiger partial charge in [0.2, 0.25) is 0 Å². The van der Waals surface area contributed by atoms with E-state index in [1.54, 1.807) is 14.2 Å². The number of carbonyl (C=O) groups is 2. The van der Waals surface area contributed by atoms with E-state index >= 15 is 0 Å². The summed E-state index contributed by atoms with van der Waals surface area (Å²) >= 11 is 0. The van der Waals surface area contributed by atoms with Gasteiger partial charge in [-0.15, -0.1) is 0 Å². The molecule has 0 amide bonds. The van der Waals surface area contributed by atoms with Crippen LogP contribution in [0.4, 0.5) is 0 Å². The van der Waals surface area contributed by atoms with Crippen molar-refractivity contribution in [3.63, 3.8) is 0 Å². The quantitative estimate of drug-likeness (QED) is 0.0267. The molecule has 292 valence electrons. The Balaban J connectivity index is 3.27. The number of ether oxygens (including phenoxy) is 7. The van der Waals surface area contributed by atoms with Crippen molar-refractivity contribution < 1.29 is 42.7 Å². The van der Waals surface area contributed by atoms with E-state index in [4.69, 9.17) is 33.2 Å². The molecule has 0 bridgehead atoms. The number of esters is 2. The summed E-state index contributed by atoms with van der Waals surface area (Å²) in [6.45, 7) is 5.83. The van der Waals surface area contributed by atoms with Gasteiger partial charge < -0.3 is 33.2 Å². The lowest BCUT2D eigenvalue weighted by molar-refractivity contribution is -0.174. The molecule has 0 aromatic carbocycles. The minimum Gasteiger partial charge on any atom is -0.393 e. The Labute approximate surface area is 301 Å². The van der Waals surface area contributed by atoms with Crippen molar-refractivity contribution in [3.8, 4) is 0 Å². The highest BCUT2D eigenvalue weighted by Gasteiger charge is 2.10. The predicted octanol–water partition coefficient (Wildman–Crippen LogP) is 10.9. The smallest absolute Gasteiger partial charge is 0.313 e. The Morgan fingerprint density at radius 2 is 0.633 bits per heavy atom. The van der Waals surface area contributed by atoms with E-state index in [1.807, 2.05) is 13.8 Å². The second-order valence-corrected chi connectivity index (χ2v) is 13.5. The number of carbonyl (C=O) groups excluding carboxylic acids is 2. The molecule has 9 heteroatoms. The fourth-order valence-electron chi connectivity index (χ4n) is 5.61. The van der Waals surface area contributed by atoms with Crippen LogP contribution in [0, 0.1) is 0 Å². The summed E-state index contributed by atoms with van der Waals surface area (Å²) in [5.41, 5.74) is 0. The third-order valence-corrected chi connectivity index (χ3v) is 9.00. The molecule has 0 saturated heterocycles. The molecule has 0 saturated carbocycles. The average molecular weight is 703 g/mol. The molecule has 0 aliphatic heterocycles. The Hall–Kier alpha value is -1.10. The summed E-state index contributed by atoms with van der Waals surface area (Å²) in [6, 6.07) is 0. The van der Waals surface area contributed by atoms with Crippen LogP contribution < -0.4 is 0 Å². The maximum atomic E-state index is 12.0. The first-order valence-electron chi connectivity index (χ1n) is 20.2. The van der Waals surface area contributed by atoms with Crippen molar-refractivity contribution in [2.45, 2.75) is 206 Å². The van der Waals surface area contributed by atoms with E-state index in [2.05, 4.69) is 0 Å². The normalized spacial score (nSPS) is 12.7. The molecule has 0 aromatic heterocycles. The Kier molecular flexibility index (Phi) is 38.8. The fraction of sp³-hybridized carbons (Fsp3) is 0.950. The molecular weight excluding hydrogens is 624 g/mol. The number of hydrogen-bond acceptors (Lipinski definition) is 9. The van der Waals surface area contributed by atoms with E-state index in [0.29, 0.717) is 26.4 Å². The molecule has 0 radical (unpaired) electrons. The highest BCUT2D eigenvalue weighted by Crippen LogP contribution is 2.15. The minimum atomic E-state index is -0.351. The summed E-state index contributed by atoms with van der Waals surface area (Å²) in [5, 5.41) is 0. The van der Waals surface area contributed by atoms with Crippen LogP contribution in [-0.4, -0.2) is 65.5 Å². The zero-order valence-corrected chi connectivity index (χ0v) is 32.5. The van der Waals surface area contributed by atoms with Crippen LogP contribution in [0.5, 0.6) is 0 Å². The molecule has 0 fully saturated rings. The SMILES string of the molecule is COC(C)OCOCCCCCCCCCCCCCCCC(=O)OC(=O)CCCCCCCCCCCCCCCOCOC(C)OC. The van der Waals surface area contributed by atoms with Crippen molar-refractivity contribution in [1.82, 2.24) is 0 Å². The number of rotatable bonds is 40. The van der Waals surface area contributed by atoms with E-state index in [0.717, 1.165) is 64.6 Å². The van der Waals surface area contributed by atoms with Gasteiger partial charge in [-0.05, 0) is 39.5 Å². The number of methoxy groups -OCH3 is 2. The van der Waals surface area contributed by atoms with Gasteiger partial charge in [-0.1, -0.05) is 141 Å². The van der Waals surface area contributed by atoms with Crippen LogP contribution in [0.2, 0.25) is 0 Å². The number of hydrogen-bond donors (Lipinski definition) is 0. The summed E-state index contributed by atoms with van der Waals surface area (Å²) < 4.78 is 36.5. The Morgan fingerprint density at radius 3 is 0.898 bits per heavy atom. The van der Waals surface area contributed by atoms with Crippen LogP contribution in [0.1, 0.15) is 194 Å². The minimum absolute atomic E-state index is 0.211. The van der Waals surface area contributed by atoms with Gasteiger partial charge in [0.25, 0.3) is 0 Å².